The maximum Gasteiger partial charge on any atom is 0.312 e. The average molecular weight is 323 g/mol. The fourth-order valence-electron chi connectivity index (χ4n) is 2.97. The molecule has 1 aromatic rings. The van der Waals surface area contributed by atoms with Crippen molar-refractivity contribution in [2.45, 2.75) is 44.4 Å². The molecule has 0 aromatic heterocycles. The lowest BCUT2D eigenvalue weighted by Crippen LogP contribution is -2.50. The van der Waals surface area contributed by atoms with E-state index in [2.05, 4.69) is 5.32 Å². The Morgan fingerprint density at radius 2 is 2.09 bits per heavy atom. The molecule has 1 aliphatic heterocycles. The Labute approximate surface area is 134 Å². The second kappa shape index (κ2) is 7.41. The number of hydrogen-bond donors (Lipinski definition) is 3. The van der Waals surface area contributed by atoms with E-state index in [0.29, 0.717) is 18.5 Å². The average Bonchev–Trinajstić information content (AvgIpc) is 2.94. The number of hydrogen-bond acceptors (Lipinski definition) is 3. The SMILES string of the molecule is C[C@H](NC(N)=O)C(=O)N1CCCC1CC(O)c1ccc(F)cc1. The van der Waals surface area contributed by atoms with E-state index in [1.807, 2.05) is 0 Å². The summed E-state index contributed by atoms with van der Waals surface area (Å²) in [4.78, 5) is 24.9. The minimum absolute atomic E-state index is 0.111. The van der Waals surface area contributed by atoms with Gasteiger partial charge in [0.05, 0.1) is 6.10 Å². The van der Waals surface area contributed by atoms with Gasteiger partial charge in [0.15, 0.2) is 0 Å². The molecule has 1 aromatic carbocycles. The van der Waals surface area contributed by atoms with Gasteiger partial charge in [-0.1, -0.05) is 12.1 Å². The normalized spacial score (nSPS) is 20.1. The van der Waals surface area contributed by atoms with Crippen LogP contribution in [0.3, 0.4) is 0 Å². The van der Waals surface area contributed by atoms with Crippen LogP contribution in [0.1, 0.15) is 37.9 Å². The number of nitrogens with two attached hydrogens (primary N) is 1. The number of nitrogens with zero attached hydrogens (tertiary/aromatic N) is 1. The quantitative estimate of drug-likeness (QED) is 0.762. The standard InChI is InChI=1S/C16H22FN3O3/c1-10(19-16(18)23)15(22)20-8-2-3-13(20)9-14(21)11-4-6-12(17)7-5-11/h4-7,10,13-14,21H,2-3,8-9H2,1H3,(H3,18,19,23)/t10-,13?,14?/m0/s1. The summed E-state index contributed by atoms with van der Waals surface area (Å²) in [6, 6.07) is 4.13. The lowest BCUT2D eigenvalue weighted by Gasteiger charge is -2.29. The molecule has 3 amide bonds. The van der Waals surface area contributed by atoms with Crippen LogP contribution in [-0.2, 0) is 4.79 Å². The Morgan fingerprint density at radius 3 is 2.70 bits per heavy atom. The molecule has 1 aliphatic rings. The van der Waals surface area contributed by atoms with Gasteiger partial charge in [-0.3, -0.25) is 4.79 Å². The number of aliphatic hydroxyl groups excluding tert-OH is 1. The summed E-state index contributed by atoms with van der Waals surface area (Å²) in [5, 5.41) is 12.7. The molecule has 1 fully saturated rings. The van der Waals surface area contributed by atoms with Crippen LogP contribution in [0.4, 0.5) is 9.18 Å². The van der Waals surface area contributed by atoms with Gasteiger partial charge in [-0.15, -0.1) is 0 Å². The van der Waals surface area contributed by atoms with E-state index < -0.39 is 18.2 Å². The highest BCUT2D eigenvalue weighted by molar-refractivity contribution is 5.86. The van der Waals surface area contributed by atoms with Gasteiger partial charge in [0.1, 0.15) is 11.9 Å². The van der Waals surface area contributed by atoms with Crippen molar-refractivity contribution in [1.82, 2.24) is 10.2 Å². The van der Waals surface area contributed by atoms with Crippen LogP contribution in [0.15, 0.2) is 24.3 Å². The van der Waals surface area contributed by atoms with Gasteiger partial charge in [-0.25, -0.2) is 9.18 Å². The smallest absolute Gasteiger partial charge is 0.312 e. The topological polar surface area (TPSA) is 95.7 Å². The van der Waals surface area contributed by atoms with E-state index in [1.54, 1.807) is 24.0 Å². The van der Waals surface area contributed by atoms with Crippen molar-refractivity contribution in [1.29, 1.82) is 0 Å². The molecule has 0 spiro atoms. The Balaban J connectivity index is 1.99. The zero-order valence-electron chi connectivity index (χ0n) is 13.0. The third-order valence-electron chi connectivity index (χ3n) is 4.14. The third-order valence-corrected chi connectivity index (χ3v) is 4.14. The minimum atomic E-state index is -0.770. The van der Waals surface area contributed by atoms with Crippen LogP contribution in [0.2, 0.25) is 0 Å². The van der Waals surface area contributed by atoms with E-state index >= 15 is 0 Å². The minimum Gasteiger partial charge on any atom is -0.388 e. The molecule has 7 heteroatoms. The van der Waals surface area contributed by atoms with Gasteiger partial charge in [0.25, 0.3) is 0 Å². The fraction of sp³-hybridized carbons (Fsp3) is 0.500. The lowest BCUT2D eigenvalue weighted by molar-refractivity contribution is -0.134. The van der Waals surface area contributed by atoms with Gasteiger partial charge in [-0.2, -0.15) is 0 Å². The van der Waals surface area contributed by atoms with Crippen molar-refractivity contribution in [2.75, 3.05) is 6.54 Å². The van der Waals surface area contributed by atoms with Gasteiger partial charge in [-0.05, 0) is 43.9 Å². The Kier molecular flexibility index (Phi) is 5.54. The van der Waals surface area contributed by atoms with Crippen molar-refractivity contribution in [2.24, 2.45) is 5.73 Å². The van der Waals surface area contributed by atoms with E-state index in [1.165, 1.54) is 12.1 Å². The molecule has 0 bridgehead atoms. The van der Waals surface area contributed by atoms with Crippen molar-refractivity contribution < 1.29 is 19.1 Å². The first-order valence-corrected chi connectivity index (χ1v) is 7.68. The Morgan fingerprint density at radius 1 is 1.43 bits per heavy atom. The molecule has 1 saturated heterocycles. The number of carbonyl (C=O) groups is 2. The number of benzene rings is 1. The fourth-order valence-corrected chi connectivity index (χ4v) is 2.97. The molecule has 2 rings (SSSR count). The number of carbonyl (C=O) groups excluding carboxylic acids is 2. The summed E-state index contributed by atoms with van der Waals surface area (Å²) < 4.78 is 12.9. The number of likely N-dealkylation sites (tertiary alicyclic amines) is 1. The lowest BCUT2D eigenvalue weighted by atomic mass is 10.00. The predicted molar refractivity (Wildman–Crippen MR) is 82.9 cm³/mol. The molecular weight excluding hydrogens is 301 g/mol. The van der Waals surface area contributed by atoms with Gasteiger partial charge in [0, 0.05) is 12.6 Å². The summed E-state index contributed by atoms with van der Waals surface area (Å²) in [6.45, 7) is 2.17. The molecule has 3 atom stereocenters. The first kappa shape index (κ1) is 17.2. The molecule has 126 valence electrons. The molecule has 1 heterocycles. The molecule has 23 heavy (non-hydrogen) atoms. The Bertz CT molecular complexity index is 564. The maximum atomic E-state index is 12.9. The number of rotatable bonds is 5. The summed E-state index contributed by atoms with van der Waals surface area (Å²) in [6.07, 6.45) is 1.23. The number of urea groups is 1. The zero-order valence-corrected chi connectivity index (χ0v) is 13.0. The van der Waals surface area contributed by atoms with E-state index in [0.717, 1.165) is 12.8 Å². The summed E-state index contributed by atoms with van der Waals surface area (Å²) in [5.41, 5.74) is 5.66. The largest absolute Gasteiger partial charge is 0.388 e. The highest BCUT2D eigenvalue weighted by Gasteiger charge is 2.33. The second-order valence-corrected chi connectivity index (χ2v) is 5.86. The Hall–Kier alpha value is -2.15. The number of primary amides is 1. The van der Waals surface area contributed by atoms with Crippen LogP contribution in [0, 0.1) is 5.82 Å². The van der Waals surface area contributed by atoms with Crippen LogP contribution in [-0.4, -0.2) is 40.6 Å². The van der Waals surface area contributed by atoms with Gasteiger partial charge in [0.2, 0.25) is 5.91 Å². The first-order chi connectivity index (χ1) is 10.9. The third kappa shape index (κ3) is 4.41. The zero-order chi connectivity index (χ0) is 17.0. The number of aliphatic hydroxyl groups is 1. The summed E-state index contributed by atoms with van der Waals surface area (Å²) >= 11 is 0. The van der Waals surface area contributed by atoms with Gasteiger partial charge < -0.3 is 21.1 Å². The maximum absolute atomic E-state index is 12.9. The molecule has 2 unspecified atom stereocenters. The summed E-state index contributed by atoms with van der Waals surface area (Å²) in [5.74, 6) is -0.567. The monoisotopic (exact) mass is 323 g/mol. The van der Waals surface area contributed by atoms with Crippen molar-refractivity contribution >= 4 is 11.9 Å². The highest BCUT2D eigenvalue weighted by atomic mass is 19.1. The van der Waals surface area contributed by atoms with Gasteiger partial charge >= 0.3 is 6.03 Å². The molecule has 6 nitrogen and oxygen atoms in total. The van der Waals surface area contributed by atoms with Crippen molar-refractivity contribution in [3.8, 4) is 0 Å². The number of amides is 3. The molecule has 4 N–H and O–H groups in total. The van der Waals surface area contributed by atoms with Crippen LogP contribution >= 0.6 is 0 Å². The molecular formula is C16H22FN3O3. The number of halogens is 1. The molecule has 0 saturated carbocycles. The van der Waals surface area contributed by atoms with Crippen molar-refractivity contribution in [3.05, 3.63) is 35.6 Å². The summed E-state index contributed by atoms with van der Waals surface area (Å²) in [7, 11) is 0. The second-order valence-electron chi connectivity index (χ2n) is 5.86. The highest BCUT2D eigenvalue weighted by Crippen LogP contribution is 2.28. The van der Waals surface area contributed by atoms with E-state index in [9.17, 15) is 19.1 Å². The first-order valence-electron chi connectivity index (χ1n) is 7.68. The van der Waals surface area contributed by atoms with Crippen LogP contribution in [0.25, 0.3) is 0 Å². The van der Waals surface area contributed by atoms with E-state index in [4.69, 9.17) is 5.73 Å². The predicted octanol–water partition coefficient (Wildman–Crippen LogP) is 1.30. The van der Waals surface area contributed by atoms with E-state index in [-0.39, 0.29) is 17.8 Å². The van der Waals surface area contributed by atoms with Crippen LogP contribution in [0.5, 0.6) is 0 Å². The number of nitrogens with one attached hydrogen (secondary N) is 1. The van der Waals surface area contributed by atoms with Crippen molar-refractivity contribution in [3.63, 3.8) is 0 Å². The molecule has 0 aliphatic carbocycles. The molecule has 0 radical (unpaired) electrons. The van der Waals surface area contributed by atoms with Crippen LogP contribution < -0.4 is 11.1 Å².